The van der Waals surface area contributed by atoms with E-state index in [4.69, 9.17) is 4.74 Å². The number of hydrogen-bond acceptors (Lipinski definition) is 7. The van der Waals surface area contributed by atoms with Gasteiger partial charge < -0.3 is 4.74 Å². The number of benzene rings is 2. The van der Waals surface area contributed by atoms with Crippen molar-refractivity contribution in [1.82, 2.24) is 9.55 Å². The number of non-ortho nitro benzene ring substituents is 1. The van der Waals surface area contributed by atoms with Crippen molar-refractivity contribution in [3.63, 3.8) is 0 Å². The van der Waals surface area contributed by atoms with E-state index in [9.17, 15) is 14.9 Å². The second-order valence-electron chi connectivity index (χ2n) is 6.50. The van der Waals surface area contributed by atoms with Crippen LogP contribution in [0.3, 0.4) is 0 Å². The number of rotatable bonds is 6. The van der Waals surface area contributed by atoms with Gasteiger partial charge in [0, 0.05) is 41.4 Å². The minimum absolute atomic E-state index is 0.00513. The summed E-state index contributed by atoms with van der Waals surface area (Å²) in [6.45, 7) is 0. The topological polar surface area (TPSA) is 87.3 Å². The summed E-state index contributed by atoms with van der Waals surface area (Å²) < 4.78 is 6.85. The maximum absolute atomic E-state index is 13.1. The average Bonchev–Trinajstić information content (AvgIpc) is 3.19. The molecule has 0 saturated heterocycles. The SMILES string of the molecule is COc1ccc([N+](=O)[O-])cc1CSc1nc2scc(-c3ccccc3)c2c(=O)n1C. The van der Waals surface area contributed by atoms with Gasteiger partial charge in [-0.3, -0.25) is 19.5 Å². The largest absolute Gasteiger partial charge is 0.496 e. The molecule has 4 rings (SSSR count). The first-order chi connectivity index (χ1) is 14.5. The number of nitrogens with zero attached hydrogens (tertiary/aromatic N) is 3. The molecule has 0 amide bonds. The number of thiophene rings is 1. The number of fused-ring (bicyclic) bond motifs is 1. The zero-order valence-corrected chi connectivity index (χ0v) is 17.8. The second kappa shape index (κ2) is 8.29. The smallest absolute Gasteiger partial charge is 0.270 e. The maximum atomic E-state index is 13.1. The zero-order chi connectivity index (χ0) is 21.3. The molecule has 0 atom stereocenters. The van der Waals surface area contributed by atoms with E-state index in [0.717, 1.165) is 11.1 Å². The number of aromatic nitrogens is 2. The van der Waals surface area contributed by atoms with Crippen LogP contribution in [-0.2, 0) is 12.8 Å². The van der Waals surface area contributed by atoms with Crippen LogP contribution in [-0.4, -0.2) is 21.6 Å². The summed E-state index contributed by atoms with van der Waals surface area (Å²) in [6.07, 6.45) is 0. The van der Waals surface area contributed by atoms with Gasteiger partial charge in [0.25, 0.3) is 11.2 Å². The van der Waals surface area contributed by atoms with Gasteiger partial charge in [0.05, 0.1) is 17.4 Å². The lowest BCUT2D eigenvalue weighted by Crippen LogP contribution is -2.19. The predicted octanol–water partition coefficient (Wildman–Crippen LogP) is 4.87. The van der Waals surface area contributed by atoms with Crippen molar-refractivity contribution in [2.45, 2.75) is 10.9 Å². The number of hydrogen-bond donors (Lipinski definition) is 0. The standard InChI is InChI=1S/C21H17N3O4S2/c1-23-20(25)18-16(13-6-4-3-5-7-13)12-29-19(18)22-21(23)30-11-14-10-15(24(26)27)8-9-17(14)28-2/h3-10,12H,11H2,1-2H3. The van der Waals surface area contributed by atoms with Crippen LogP contribution in [0.4, 0.5) is 5.69 Å². The van der Waals surface area contributed by atoms with E-state index in [2.05, 4.69) is 4.98 Å². The molecule has 0 N–H and O–H groups in total. The van der Waals surface area contributed by atoms with Gasteiger partial charge in [-0.15, -0.1) is 11.3 Å². The summed E-state index contributed by atoms with van der Waals surface area (Å²) in [7, 11) is 3.21. The number of thioether (sulfide) groups is 1. The Hall–Kier alpha value is -3.17. The highest BCUT2D eigenvalue weighted by Crippen LogP contribution is 2.34. The van der Waals surface area contributed by atoms with Gasteiger partial charge in [0.1, 0.15) is 10.6 Å². The molecule has 7 nitrogen and oxygen atoms in total. The molecular formula is C21H17N3O4S2. The van der Waals surface area contributed by atoms with Gasteiger partial charge in [0.15, 0.2) is 5.16 Å². The van der Waals surface area contributed by atoms with Gasteiger partial charge in [-0.05, 0) is 11.6 Å². The lowest BCUT2D eigenvalue weighted by Gasteiger charge is -2.10. The van der Waals surface area contributed by atoms with Gasteiger partial charge >= 0.3 is 0 Å². The minimum atomic E-state index is -0.440. The van der Waals surface area contributed by atoms with Crippen LogP contribution in [0.5, 0.6) is 5.75 Å². The van der Waals surface area contributed by atoms with Gasteiger partial charge in [-0.2, -0.15) is 0 Å². The maximum Gasteiger partial charge on any atom is 0.270 e. The van der Waals surface area contributed by atoms with Crippen molar-refractivity contribution in [2.24, 2.45) is 7.05 Å². The van der Waals surface area contributed by atoms with Crippen LogP contribution < -0.4 is 10.3 Å². The van der Waals surface area contributed by atoms with Crippen LogP contribution in [0.1, 0.15) is 5.56 Å². The van der Waals surface area contributed by atoms with Gasteiger partial charge in [-0.1, -0.05) is 42.1 Å². The molecule has 0 saturated carbocycles. The van der Waals surface area contributed by atoms with Crippen molar-refractivity contribution < 1.29 is 9.66 Å². The van der Waals surface area contributed by atoms with Crippen LogP contribution in [0.2, 0.25) is 0 Å². The molecule has 9 heteroatoms. The molecule has 0 aliphatic rings. The molecule has 0 fully saturated rings. The van der Waals surface area contributed by atoms with E-state index in [-0.39, 0.29) is 11.2 Å². The molecular weight excluding hydrogens is 422 g/mol. The third-order valence-corrected chi connectivity index (χ3v) is 6.64. The summed E-state index contributed by atoms with van der Waals surface area (Å²) in [6, 6.07) is 14.2. The molecule has 30 heavy (non-hydrogen) atoms. The fourth-order valence-electron chi connectivity index (χ4n) is 3.15. The molecule has 0 aliphatic carbocycles. The average molecular weight is 440 g/mol. The number of nitro groups is 1. The summed E-state index contributed by atoms with van der Waals surface area (Å²) in [5.74, 6) is 0.940. The Morgan fingerprint density at radius 2 is 2.00 bits per heavy atom. The first-order valence-corrected chi connectivity index (χ1v) is 10.8. The van der Waals surface area contributed by atoms with Gasteiger partial charge in [-0.25, -0.2) is 4.98 Å². The number of ether oxygens (including phenoxy) is 1. The summed E-state index contributed by atoms with van der Waals surface area (Å²) >= 11 is 2.77. The normalized spacial score (nSPS) is 11.0. The Labute approximate surface area is 180 Å². The van der Waals surface area contributed by atoms with E-state index >= 15 is 0 Å². The quantitative estimate of drug-likeness (QED) is 0.184. The Kier molecular flexibility index (Phi) is 5.56. The Morgan fingerprint density at radius 1 is 1.23 bits per heavy atom. The highest BCUT2D eigenvalue weighted by atomic mass is 32.2. The summed E-state index contributed by atoms with van der Waals surface area (Å²) in [5, 5.41) is 14.2. The van der Waals surface area contributed by atoms with E-state index in [1.807, 2.05) is 35.7 Å². The third kappa shape index (κ3) is 3.69. The molecule has 0 unspecified atom stereocenters. The monoisotopic (exact) mass is 439 g/mol. The van der Waals surface area contributed by atoms with Crippen molar-refractivity contribution in [3.05, 3.63) is 79.9 Å². The molecule has 0 radical (unpaired) electrons. The zero-order valence-electron chi connectivity index (χ0n) is 16.2. The van der Waals surface area contributed by atoms with Crippen LogP contribution in [0, 0.1) is 10.1 Å². The molecule has 0 aliphatic heterocycles. The molecule has 0 bridgehead atoms. The molecule has 2 heterocycles. The summed E-state index contributed by atoms with van der Waals surface area (Å²) in [5.41, 5.74) is 2.40. The minimum Gasteiger partial charge on any atom is -0.496 e. The Morgan fingerprint density at radius 3 is 2.70 bits per heavy atom. The fourth-order valence-corrected chi connectivity index (χ4v) is 5.08. The highest BCUT2D eigenvalue weighted by Gasteiger charge is 2.17. The van der Waals surface area contributed by atoms with Crippen LogP contribution in [0.25, 0.3) is 21.3 Å². The fraction of sp³-hybridized carbons (Fsp3) is 0.143. The Bertz CT molecular complexity index is 1300. The van der Waals surface area contributed by atoms with Crippen molar-refractivity contribution >= 4 is 39.0 Å². The molecule has 2 aromatic carbocycles. The Balaban J connectivity index is 1.70. The number of methoxy groups -OCH3 is 1. The first-order valence-electron chi connectivity index (χ1n) is 8.97. The lowest BCUT2D eigenvalue weighted by molar-refractivity contribution is -0.384. The van der Waals surface area contributed by atoms with Gasteiger partial charge in [0.2, 0.25) is 0 Å². The third-order valence-electron chi connectivity index (χ3n) is 4.69. The van der Waals surface area contributed by atoms with E-state index in [1.54, 1.807) is 13.1 Å². The molecule has 152 valence electrons. The van der Waals surface area contributed by atoms with E-state index in [1.165, 1.54) is 46.9 Å². The lowest BCUT2D eigenvalue weighted by atomic mass is 10.1. The van der Waals surface area contributed by atoms with Crippen molar-refractivity contribution in [2.75, 3.05) is 7.11 Å². The predicted molar refractivity (Wildman–Crippen MR) is 120 cm³/mol. The van der Waals surface area contributed by atoms with Crippen molar-refractivity contribution in [3.8, 4) is 16.9 Å². The second-order valence-corrected chi connectivity index (χ2v) is 8.30. The molecule has 2 aromatic heterocycles. The van der Waals surface area contributed by atoms with Crippen molar-refractivity contribution in [1.29, 1.82) is 0 Å². The van der Waals surface area contributed by atoms with E-state index < -0.39 is 4.92 Å². The number of nitro benzene ring substituents is 1. The molecule has 0 spiro atoms. The van der Waals surface area contributed by atoms with Crippen LogP contribution in [0.15, 0.2) is 63.9 Å². The van der Waals surface area contributed by atoms with Crippen LogP contribution >= 0.6 is 23.1 Å². The molecule has 4 aromatic rings. The highest BCUT2D eigenvalue weighted by molar-refractivity contribution is 7.98. The first kappa shape index (κ1) is 20.1. The van der Waals surface area contributed by atoms with E-state index in [0.29, 0.717) is 32.4 Å². The summed E-state index contributed by atoms with van der Waals surface area (Å²) in [4.78, 5) is 29.1.